The molecule has 1 amide bonds. The third kappa shape index (κ3) is 10.9. The van der Waals surface area contributed by atoms with Crippen molar-refractivity contribution < 1.29 is 28.5 Å². The molecule has 0 atom stereocenters. The molecule has 0 spiro atoms. The van der Waals surface area contributed by atoms with Crippen molar-refractivity contribution in [2.24, 2.45) is 5.73 Å². The second kappa shape index (κ2) is 15.7. The Hall–Kier alpha value is -3.01. The molecular formula is C23H33N3O6. The van der Waals surface area contributed by atoms with Gasteiger partial charge in [-0.25, -0.2) is 5.43 Å². The molecular weight excluding hydrogens is 414 g/mol. The van der Waals surface area contributed by atoms with Gasteiger partial charge < -0.3 is 29.4 Å². The number of hydrazine groups is 1. The standard InChI is InChI=1S/C23H33N3O6/c1-28-15-16-32-22-8-3-7-21(18-22)31-14-11-25-26-23(27)9-4-12-29-19-5-2-6-20(17-19)30-13-10-24/h2-3,5-8,17-18,25H,4,9-16,24H2,1H3,(H,26,27). The fourth-order valence-corrected chi connectivity index (χ4v) is 2.59. The molecule has 32 heavy (non-hydrogen) atoms. The van der Waals surface area contributed by atoms with Crippen molar-refractivity contribution in [1.82, 2.24) is 10.9 Å². The van der Waals surface area contributed by atoms with Gasteiger partial charge in [-0.2, -0.15) is 0 Å². The number of nitrogens with one attached hydrogen (secondary N) is 2. The highest BCUT2D eigenvalue weighted by atomic mass is 16.5. The number of carbonyl (C=O) groups excluding carboxylic acids is 1. The topological polar surface area (TPSA) is 113 Å². The molecule has 0 radical (unpaired) electrons. The van der Waals surface area contributed by atoms with Crippen molar-refractivity contribution in [1.29, 1.82) is 0 Å². The Labute approximate surface area is 189 Å². The van der Waals surface area contributed by atoms with E-state index in [0.717, 1.165) is 5.75 Å². The maximum absolute atomic E-state index is 11.9. The molecule has 0 aliphatic carbocycles. The van der Waals surface area contributed by atoms with Gasteiger partial charge in [-0.3, -0.25) is 10.2 Å². The average Bonchev–Trinajstić information content (AvgIpc) is 2.81. The normalized spacial score (nSPS) is 10.4. The van der Waals surface area contributed by atoms with E-state index >= 15 is 0 Å². The van der Waals surface area contributed by atoms with E-state index in [-0.39, 0.29) is 5.91 Å². The van der Waals surface area contributed by atoms with Crippen LogP contribution < -0.4 is 35.5 Å². The summed E-state index contributed by atoms with van der Waals surface area (Å²) in [4.78, 5) is 11.9. The van der Waals surface area contributed by atoms with E-state index < -0.39 is 0 Å². The second-order valence-corrected chi connectivity index (χ2v) is 6.70. The first-order valence-electron chi connectivity index (χ1n) is 10.6. The van der Waals surface area contributed by atoms with Crippen LogP contribution in [0.1, 0.15) is 12.8 Å². The van der Waals surface area contributed by atoms with Crippen LogP contribution >= 0.6 is 0 Å². The van der Waals surface area contributed by atoms with Crippen LogP contribution in [0.2, 0.25) is 0 Å². The molecule has 0 aliphatic rings. The number of methoxy groups -OCH3 is 1. The van der Waals surface area contributed by atoms with Crippen LogP contribution in [-0.4, -0.2) is 59.1 Å². The molecule has 0 fully saturated rings. The Morgan fingerprint density at radius 2 is 1.38 bits per heavy atom. The molecule has 2 aromatic carbocycles. The molecule has 4 N–H and O–H groups in total. The Bertz CT molecular complexity index is 790. The minimum absolute atomic E-state index is 0.109. The smallest absolute Gasteiger partial charge is 0.234 e. The molecule has 0 saturated heterocycles. The number of nitrogens with two attached hydrogens (primary N) is 1. The largest absolute Gasteiger partial charge is 0.493 e. The van der Waals surface area contributed by atoms with E-state index in [0.29, 0.717) is 76.2 Å². The highest BCUT2D eigenvalue weighted by Gasteiger charge is 2.03. The van der Waals surface area contributed by atoms with Gasteiger partial charge in [0.25, 0.3) is 0 Å². The van der Waals surface area contributed by atoms with Crippen molar-refractivity contribution in [2.45, 2.75) is 12.8 Å². The first kappa shape index (κ1) is 25.3. The van der Waals surface area contributed by atoms with Crippen LogP contribution in [0.3, 0.4) is 0 Å². The number of benzene rings is 2. The summed E-state index contributed by atoms with van der Waals surface area (Å²) in [7, 11) is 1.63. The zero-order valence-corrected chi connectivity index (χ0v) is 18.5. The summed E-state index contributed by atoms with van der Waals surface area (Å²) in [6.45, 7) is 3.21. The molecule has 0 aromatic heterocycles. The molecule has 2 aromatic rings. The van der Waals surface area contributed by atoms with E-state index in [4.69, 9.17) is 29.4 Å². The molecule has 176 valence electrons. The Morgan fingerprint density at radius 1 is 0.812 bits per heavy atom. The Morgan fingerprint density at radius 3 is 1.97 bits per heavy atom. The zero-order chi connectivity index (χ0) is 22.9. The minimum Gasteiger partial charge on any atom is -0.493 e. The first-order valence-corrected chi connectivity index (χ1v) is 10.6. The first-order chi connectivity index (χ1) is 15.7. The second-order valence-electron chi connectivity index (χ2n) is 6.70. The fourth-order valence-electron chi connectivity index (χ4n) is 2.59. The van der Waals surface area contributed by atoms with Gasteiger partial charge in [-0.15, -0.1) is 0 Å². The SMILES string of the molecule is COCCOc1cccc(OCCNNC(=O)CCCOc2cccc(OCCN)c2)c1. The van der Waals surface area contributed by atoms with Crippen LogP contribution in [0.15, 0.2) is 48.5 Å². The highest BCUT2D eigenvalue weighted by molar-refractivity contribution is 5.75. The summed E-state index contributed by atoms with van der Waals surface area (Å²) in [5.74, 6) is 2.72. The molecule has 0 bridgehead atoms. The lowest BCUT2D eigenvalue weighted by Gasteiger charge is -2.11. The van der Waals surface area contributed by atoms with Gasteiger partial charge >= 0.3 is 0 Å². The van der Waals surface area contributed by atoms with E-state index in [1.54, 1.807) is 13.2 Å². The van der Waals surface area contributed by atoms with E-state index in [1.165, 1.54) is 0 Å². The molecule has 9 heteroatoms. The molecule has 0 aliphatic heterocycles. The van der Waals surface area contributed by atoms with Gasteiger partial charge in [0.2, 0.25) is 5.91 Å². The van der Waals surface area contributed by atoms with Crippen molar-refractivity contribution in [3.05, 3.63) is 48.5 Å². The maximum Gasteiger partial charge on any atom is 0.234 e. The highest BCUT2D eigenvalue weighted by Crippen LogP contribution is 2.20. The number of hydrogen-bond donors (Lipinski definition) is 3. The molecule has 2 rings (SSSR count). The predicted molar refractivity (Wildman–Crippen MR) is 121 cm³/mol. The fraction of sp³-hybridized carbons (Fsp3) is 0.435. The van der Waals surface area contributed by atoms with E-state index in [9.17, 15) is 4.79 Å². The van der Waals surface area contributed by atoms with Crippen LogP contribution in [-0.2, 0) is 9.53 Å². The third-order valence-electron chi connectivity index (χ3n) is 4.09. The van der Waals surface area contributed by atoms with E-state index in [1.807, 2.05) is 42.5 Å². The van der Waals surface area contributed by atoms with Crippen molar-refractivity contribution >= 4 is 5.91 Å². The summed E-state index contributed by atoms with van der Waals surface area (Å²) >= 11 is 0. The summed E-state index contributed by atoms with van der Waals surface area (Å²) in [6, 6.07) is 14.7. The molecule has 9 nitrogen and oxygen atoms in total. The maximum atomic E-state index is 11.9. The number of ether oxygens (including phenoxy) is 5. The van der Waals surface area contributed by atoms with Gasteiger partial charge in [0, 0.05) is 38.8 Å². The van der Waals surface area contributed by atoms with Gasteiger partial charge in [0.1, 0.15) is 42.8 Å². The van der Waals surface area contributed by atoms with Crippen LogP contribution in [0.4, 0.5) is 0 Å². The van der Waals surface area contributed by atoms with Crippen molar-refractivity contribution in [3.63, 3.8) is 0 Å². The van der Waals surface area contributed by atoms with Crippen molar-refractivity contribution in [3.8, 4) is 23.0 Å². The summed E-state index contributed by atoms with van der Waals surface area (Å²) in [6.07, 6.45) is 0.936. The van der Waals surface area contributed by atoms with Crippen molar-refractivity contribution in [2.75, 3.05) is 53.2 Å². The lowest BCUT2D eigenvalue weighted by molar-refractivity contribution is -0.122. The van der Waals surface area contributed by atoms with Gasteiger partial charge in [0.05, 0.1) is 13.2 Å². The Balaban J connectivity index is 1.52. The zero-order valence-electron chi connectivity index (χ0n) is 18.5. The molecule has 0 unspecified atom stereocenters. The minimum atomic E-state index is -0.109. The number of rotatable bonds is 17. The molecule has 0 saturated carbocycles. The number of carbonyl (C=O) groups is 1. The van der Waals surface area contributed by atoms with Crippen LogP contribution in [0.25, 0.3) is 0 Å². The lowest BCUT2D eigenvalue weighted by Crippen LogP contribution is -2.39. The van der Waals surface area contributed by atoms with E-state index in [2.05, 4.69) is 10.9 Å². The lowest BCUT2D eigenvalue weighted by atomic mass is 10.3. The monoisotopic (exact) mass is 447 g/mol. The Kier molecular flexibility index (Phi) is 12.4. The van der Waals surface area contributed by atoms with Crippen LogP contribution in [0, 0.1) is 0 Å². The average molecular weight is 448 g/mol. The molecule has 0 heterocycles. The number of hydrogen-bond acceptors (Lipinski definition) is 8. The predicted octanol–water partition coefficient (Wildman–Crippen LogP) is 1.91. The summed E-state index contributed by atoms with van der Waals surface area (Å²) < 4.78 is 27.3. The van der Waals surface area contributed by atoms with Crippen LogP contribution in [0.5, 0.6) is 23.0 Å². The summed E-state index contributed by atoms with van der Waals surface area (Å²) in [5, 5.41) is 0. The summed E-state index contributed by atoms with van der Waals surface area (Å²) in [5.41, 5.74) is 10.9. The number of amides is 1. The van der Waals surface area contributed by atoms with Gasteiger partial charge in [-0.1, -0.05) is 12.1 Å². The van der Waals surface area contributed by atoms with Gasteiger partial charge in [0.15, 0.2) is 0 Å². The van der Waals surface area contributed by atoms with Gasteiger partial charge in [-0.05, 0) is 30.7 Å². The quantitative estimate of drug-likeness (QED) is 0.249. The third-order valence-corrected chi connectivity index (χ3v) is 4.09.